The standard InChI is InChI=1S/C16H16N2/c1-13-3-9-16(10-4-13)18(2)12-15-7-5-14(11-17)6-8-15/h3-10H,12H2,1-2H3. The molecule has 0 aromatic heterocycles. The van der Waals surface area contributed by atoms with E-state index in [-0.39, 0.29) is 0 Å². The lowest BCUT2D eigenvalue weighted by Gasteiger charge is -2.19. The van der Waals surface area contributed by atoms with Crippen LogP contribution in [0.5, 0.6) is 0 Å². The Bertz CT molecular complexity index is 547. The van der Waals surface area contributed by atoms with E-state index in [0.29, 0.717) is 5.56 Å². The maximum atomic E-state index is 8.75. The van der Waals surface area contributed by atoms with Crippen LogP contribution in [-0.4, -0.2) is 7.05 Å². The summed E-state index contributed by atoms with van der Waals surface area (Å²) in [6.45, 7) is 2.93. The molecule has 0 heterocycles. The van der Waals surface area contributed by atoms with Gasteiger partial charge in [0.05, 0.1) is 11.6 Å². The molecule has 90 valence electrons. The molecule has 0 saturated carbocycles. The van der Waals surface area contributed by atoms with Gasteiger partial charge in [-0.2, -0.15) is 5.26 Å². The quantitative estimate of drug-likeness (QED) is 0.815. The monoisotopic (exact) mass is 236 g/mol. The Labute approximate surface area is 108 Å². The molecule has 0 saturated heterocycles. The number of rotatable bonds is 3. The Balaban J connectivity index is 2.08. The van der Waals surface area contributed by atoms with Crippen LogP contribution in [0.3, 0.4) is 0 Å². The average Bonchev–Trinajstić information content (AvgIpc) is 2.40. The van der Waals surface area contributed by atoms with Gasteiger partial charge >= 0.3 is 0 Å². The van der Waals surface area contributed by atoms with Gasteiger partial charge in [-0.15, -0.1) is 0 Å². The molecule has 18 heavy (non-hydrogen) atoms. The second-order valence-corrected chi connectivity index (χ2v) is 4.50. The van der Waals surface area contributed by atoms with E-state index in [4.69, 9.17) is 5.26 Å². The van der Waals surface area contributed by atoms with Gasteiger partial charge in [-0.1, -0.05) is 29.8 Å². The van der Waals surface area contributed by atoms with Crippen molar-refractivity contribution in [2.45, 2.75) is 13.5 Å². The minimum absolute atomic E-state index is 0.705. The highest BCUT2D eigenvalue weighted by atomic mass is 15.1. The van der Waals surface area contributed by atoms with E-state index in [0.717, 1.165) is 6.54 Å². The van der Waals surface area contributed by atoms with Crippen LogP contribution >= 0.6 is 0 Å². The van der Waals surface area contributed by atoms with Crippen LogP contribution in [0.25, 0.3) is 0 Å². The van der Waals surface area contributed by atoms with E-state index in [1.54, 1.807) is 0 Å². The lowest BCUT2D eigenvalue weighted by molar-refractivity contribution is 0.922. The van der Waals surface area contributed by atoms with Crippen LogP contribution in [-0.2, 0) is 6.54 Å². The van der Waals surface area contributed by atoms with Crippen molar-refractivity contribution in [1.82, 2.24) is 0 Å². The first-order valence-corrected chi connectivity index (χ1v) is 5.96. The second kappa shape index (κ2) is 5.37. The zero-order valence-electron chi connectivity index (χ0n) is 10.7. The summed E-state index contributed by atoms with van der Waals surface area (Å²) in [6, 6.07) is 18.3. The van der Waals surface area contributed by atoms with E-state index in [1.165, 1.54) is 16.8 Å². The third kappa shape index (κ3) is 2.89. The van der Waals surface area contributed by atoms with Crippen molar-refractivity contribution >= 4 is 5.69 Å². The van der Waals surface area contributed by atoms with Gasteiger partial charge in [-0.3, -0.25) is 0 Å². The van der Waals surface area contributed by atoms with E-state index in [9.17, 15) is 0 Å². The number of nitriles is 1. The number of hydrogen-bond donors (Lipinski definition) is 0. The van der Waals surface area contributed by atoms with Gasteiger partial charge in [0.25, 0.3) is 0 Å². The van der Waals surface area contributed by atoms with Crippen molar-refractivity contribution in [3.05, 3.63) is 65.2 Å². The Kier molecular flexibility index (Phi) is 3.64. The lowest BCUT2D eigenvalue weighted by Crippen LogP contribution is -2.16. The smallest absolute Gasteiger partial charge is 0.0991 e. The Morgan fingerprint density at radius 1 is 1.00 bits per heavy atom. The first-order chi connectivity index (χ1) is 8.69. The van der Waals surface area contributed by atoms with Crippen LogP contribution in [0.15, 0.2) is 48.5 Å². The molecule has 2 aromatic carbocycles. The molecule has 2 rings (SSSR count). The van der Waals surface area contributed by atoms with Crippen molar-refractivity contribution < 1.29 is 0 Å². The molecule has 0 N–H and O–H groups in total. The lowest BCUT2D eigenvalue weighted by atomic mass is 10.1. The summed E-state index contributed by atoms with van der Waals surface area (Å²) in [6.07, 6.45) is 0. The molecule has 0 fully saturated rings. The number of benzene rings is 2. The van der Waals surface area contributed by atoms with Crippen molar-refractivity contribution in [2.75, 3.05) is 11.9 Å². The highest BCUT2D eigenvalue weighted by molar-refractivity contribution is 5.47. The van der Waals surface area contributed by atoms with Crippen LogP contribution in [0, 0.1) is 18.3 Å². The second-order valence-electron chi connectivity index (χ2n) is 4.50. The van der Waals surface area contributed by atoms with Crippen LogP contribution in [0.4, 0.5) is 5.69 Å². The normalized spacial score (nSPS) is 9.83. The molecule has 0 bridgehead atoms. The van der Waals surface area contributed by atoms with E-state index < -0.39 is 0 Å². The largest absolute Gasteiger partial charge is 0.370 e. The predicted molar refractivity (Wildman–Crippen MR) is 74.4 cm³/mol. The summed E-state index contributed by atoms with van der Waals surface area (Å²) in [5.74, 6) is 0. The fourth-order valence-electron chi connectivity index (χ4n) is 1.85. The SMILES string of the molecule is Cc1ccc(N(C)Cc2ccc(C#N)cc2)cc1. The van der Waals surface area contributed by atoms with Gasteiger partial charge in [0.15, 0.2) is 0 Å². The van der Waals surface area contributed by atoms with Crippen LogP contribution < -0.4 is 4.90 Å². The number of nitrogens with zero attached hydrogens (tertiary/aromatic N) is 2. The molecule has 0 radical (unpaired) electrons. The molecule has 0 amide bonds. The topological polar surface area (TPSA) is 27.0 Å². The highest BCUT2D eigenvalue weighted by Gasteiger charge is 2.02. The van der Waals surface area contributed by atoms with E-state index in [2.05, 4.69) is 49.2 Å². The van der Waals surface area contributed by atoms with Crippen molar-refractivity contribution in [3.8, 4) is 6.07 Å². The van der Waals surface area contributed by atoms with Gasteiger partial charge in [0, 0.05) is 19.3 Å². The van der Waals surface area contributed by atoms with Crippen molar-refractivity contribution in [1.29, 1.82) is 5.26 Å². The number of hydrogen-bond acceptors (Lipinski definition) is 2. The van der Waals surface area contributed by atoms with Crippen molar-refractivity contribution in [3.63, 3.8) is 0 Å². The summed E-state index contributed by atoms with van der Waals surface area (Å²) in [7, 11) is 2.07. The first-order valence-electron chi connectivity index (χ1n) is 5.96. The molecule has 0 aliphatic rings. The molecule has 2 aromatic rings. The fraction of sp³-hybridized carbons (Fsp3) is 0.188. The minimum atomic E-state index is 0.705. The van der Waals surface area contributed by atoms with Crippen molar-refractivity contribution in [2.24, 2.45) is 0 Å². The molecule has 0 aliphatic heterocycles. The first kappa shape index (κ1) is 12.2. The Morgan fingerprint density at radius 2 is 1.61 bits per heavy atom. The van der Waals surface area contributed by atoms with Gasteiger partial charge < -0.3 is 4.90 Å². The minimum Gasteiger partial charge on any atom is -0.370 e. The predicted octanol–water partition coefficient (Wildman–Crippen LogP) is 3.50. The average molecular weight is 236 g/mol. The molecule has 0 spiro atoms. The van der Waals surface area contributed by atoms with E-state index in [1.807, 2.05) is 24.3 Å². The maximum absolute atomic E-state index is 8.75. The molecule has 0 atom stereocenters. The Morgan fingerprint density at radius 3 is 2.17 bits per heavy atom. The van der Waals surface area contributed by atoms with Crippen LogP contribution in [0.2, 0.25) is 0 Å². The third-order valence-electron chi connectivity index (χ3n) is 2.98. The summed E-state index contributed by atoms with van der Waals surface area (Å²) in [4.78, 5) is 2.20. The van der Waals surface area contributed by atoms with Gasteiger partial charge in [-0.05, 0) is 36.8 Å². The molecular weight excluding hydrogens is 220 g/mol. The molecule has 0 aliphatic carbocycles. The summed E-state index contributed by atoms with van der Waals surface area (Å²) >= 11 is 0. The third-order valence-corrected chi connectivity index (χ3v) is 2.98. The van der Waals surface area contributed by atoms with Gasteiger partial charge in [0.2, 0.25) is 0 Å². The van der Waals surface area contributed by atoms with Crippen LogP contribution in [0.1, 0.15) is 16.7 Å². The summed E-state index contributed by atoms with van der Waals surface area (Å²) in [5, 5.41) is 8.75. The number of anilines is 1. The van der Waals surface area contributed by atoms with Gasteiger partial charge in [-0.25, -0.2) is 0 Å². The zero-order valence-corrected chi connectivity index (χ0v) is 10.7. The summed E-state index contributed by atoms with van der Waals surface area (Å²) in [5.41, 5.74) is 4.38. The molecule has 0 unspecified atom stereocenters. The molecule has 2 nitrogen and oxygen atoms in total. The molecular formula is C16H16N2. The highest BCUT2D eigenvalue weighted by Crippen LogP contribution is 2.16. The maximum Gasteiger partial charge on any atom is 0.0991 e. The number of aryl methyl sites for hydroxylation is 1. The zero-order chi connectivity index (χ0) is 13.0. The Hall–Kier alpha value is -2.27. The summed E-state index contributed by atoms with van der Waals surface area (Å²) < 4.78 is 0. The molecule has 2 heteroatoms. The van der Waals surface area contributed by atoms with E-state index >= 15 is 0 Å². The fourth-order valence-corrected chi connectivity index (χ4v) is 1.85. The van der Waals surface area contributed by atoms with Gasteiger partial charge in [0.1, 0.15) is 0 Å².